The van der Waals surface area contributed by atoms with Gasteiger partial charge in [-0.1, -0.05) is 97.1 Å². The van der Waals surface area contributed by atoms with Crippen molar-refractivity contribution in [3.05, 3.63) is 117 Å². The van der Waals surface area contributed by atoms with Gasteiger partial charge in [-0.25, -0.2) is 0 Å². The zero-order valence-electron chi connectivity index (χ0n) is 17.4. The van der Waals surface area contributed by atoms with Gasteiger partial charge < -0.3 is 20.1 Å². The lowest BCUT2D eigenvalue weighted by molar-refractivity contribution is -0.109. The topological polar surface area (TPSA) is 69.9 Å². The number of halogens is 2. The van der Waals surface area contributed by atoms with Crippen LogP contribution in [0.3, 0.4) is 0 Å². The Morgan fingerprint density at radius 3 is 1.50 bits per heavy atom. The van der Waals surface area contributed by atoms with E-state index in [9.17, 15) is 15.3 Å². The fourth-order valence-corrected chi connectivity index (χ4v) is 4.06. The Kier molecular flexibility index (Phi) is 9.22. The van der Waals surface area contributed by atoms with Gasteiger partial charge >= 0.3 is 0 Å². The molecular formula is C26H26Br2O4. The molecule has 0 aliphatic carbocycles. The van der Waals surface area contributed by atoms with Crippen LogP contribution in [0.15, 0.2) is 100 Å². The number of benzene rings is 3. The molecule has 0 spiro atoms. The molecule has 3 atom stereocenters. The summed E-state index contributed by atoms with van der Waals surface area (Å²) in [6, 6.07) is 29.4. The molecule has 0 unspecified atom stereocenters. The normalized spacial score (nSPS) is 14.4. The van der Waals surface area contributed by atoms with E-state index in [1.54, 1.807) is 6.08 Å². The third-order valence-electron chi connectivity index (χ3n) is 5.31. The Balaban J connectivity index is 1.97. The molecule has 0 aliphatic rings. The predicted molar refractivity (Wildman–Crippen MR) is 134 cm³/mol. The quantitative estimate of drug-likeness (QED) is 0.301. The van der Waals surface area contributed by atoms with Crippen LogP contribution in [0.1, 0.15) is 23.1 Å². The molecule has 0 saturated heterocycles. The van der Waals surface area contributed by atoms with Gasteiger partial charge in [0, 0.05) is 0 Å². The summed E-state index contributed by atoms with van der Waals surface area (Å²) in [6.45, 7) is -0.184. The molecular weight excluding hydrogens is 536 g/mol. The summed E-state index contributed by atoms with van der Waals surface area (Å²) in [6.07, 6.45) is -1.96. The molecule has 0 radical (unpaired) electrons. The second-order valence-corrected chi connectivity index (χ2v) is 10.2. The number of hydrogen-bond donors (Lipinski definition) is 3. The fourth-order valence-electron chi connectivity index (χ4n) is 3.68. The summed E-state index contributed by atoms with van der Waals surface area (Å²) < 4.78 is 7.16. The Labute approximate surface area is 205 Å². The average molecular weight is 562 g/mol. The zero-order chi connectivity index (χ0) is 23.0. The van der Waals surface area contributed by atoms with Gasteiger partial charge in [0.1, 0.15) is 17.8 Å². The predicted octanol–water partition coefficient (Wildman–Crippen LogP) is 5.10. The Morgan fingerprint density at radius 2 is 1.12 bits per heavy atom. The molecule has 0 bridgehead atoms. The molecule has 168 valence electrons. The van der Waals surface area contributed by atoms with Gasteiger partial charge in [-0.05, 0) is 55.0 Å². The van der Waals surface area contributed by atoms with E-state index in [0.29, 0.717) is 3.39 Å². The lowest BCUT2D eigenvalue weighted by atomic mass is 9.80. The van der Waals surface area contributed by atoms with Crippen molar-refractivity contribution >= 4 is 31.9 Å². The van der Waals surface area contributed by atoms with E-state index in [1.807, 2.05) is 91.0 Å². The highest BCUT2D eigenvalue weighted by Gasteiger charge is 2.39. The van der Waals surface area contributed by atoms with Crippen molar-refractivity contribution in [2.24, 2.45) is 0 Å². The van der Waals surface area contributed by atoms with Gasteiger partial charge in [0.05, 0.1) is 16.1 Å². The van der Waals surface area contributed by atoms with Crippen LogP contribution < -0.4 is 0 Å². The van der Waals surface area contributed by atoms with E-state index < -0.39 is 23.9 Å². The van der Waals surface area contributed by atoms with Crippen molar-refractivity contribution in [2.45, 2.75) is 30.3 Å². The Morgan fingerprint density at radius 1 is 0.719 bits per heavy atom. The summed E-state index contributed by atoms with van der Waals surface area (Å²) in [5.41, 5.74) is 1.68. The molecule has 6 heteroatoms. The minimum atomic E-state index is -1.37. The highest BCUT2D eigenvalue weighted by molar-refractivity contribution is 9.28. The third-order valence-corrected chi connectivity index (χ3v) is 5.96. The van der Waals surface area contributed by atoms with Crippen molar-refractivity contribution in [1.29, 1.82) is 0 Å². The molecule has 3 N–H and O–H groups in total. The first kappa shape index (κ1) is 24.8. The average Bonchev–Trinajstić information content (AvgIpc) is 2.84. The van der Waals surface area contributed by atoms with Crippen LogP contribution >= 0.6 is 31.9 Å². The monoisotopic (exact) mass is 560 g/mol. The summed E-state index contributed by atoms with van der Waals surface area (Å²) in [5, 5.41) is 31.4. The van der Waals surface area contributed by atoms with Crippen molar-refractivity contribution in [1.82, 2.24) is 0 Å². The first-order chi connectivity index (χ1) is 15.4. The number of ether oxygens (including phenoxy) is 1. The molecule has 0 aliphatic heterocycles. The van der Waals surface area contributed by atoms with Crippen LogP contribution in [0.4, 0.5) is 0 Å². The van der Waals surface area contributed by atoms with Crippen molar-refractivity contribution < 1.29 is 20.1 Å². The number of aliphatic hydroxyl groups excluding tert-OH is 3. The molecule has 0 amide bonds. The van der Waals surface area contributed by atoms with Crippen LogP contribution in [0, 0.1) is 0 Å². The zero-order valence-corrected chi connectivity index (χ0v) is 20.6. The van der Waals surface area contributed by atoms with E-state index in [-0.39, 0.29) is 13.0 Å². The van der Waals surface area contributed by atoms with Gasteiger partial charge in [0.15, 0.2) is 0 Å². The van der Waals surface area contributed by atoms with Crippen molar-refractivity contribution in [3.63, 3.8) is 0 Å². The highest BCUT2D eigenvalue weighted by Crippen LogP contribution is 2.40. The minimum absolute atomic E-state index is 0.172. The van der Waals surface area contributed by atoms with Gasteiger partial charge in [-0.2, -0.15) is 0 Å². The summed E-state index contributed by atoms with van der Waals surface area (Å²) >= 11 is 6.44. The summed E-state index contributed by atoms with van der Waals surface area (Å²) in [7, 11) is 0. The maximum atomic E-state index is 10.7. The molecule has 32 heavy (non-hydrogen) atoms. The first-order valence-electron chi connectivity index (χ1n) is 10.3. The number of hydrogen-bond acceptors (Lipinski definition) is 4. The highest BCUT2D eigenvalue weighted by atomic mass is 79.9. The molecule has 0 saturated carbocycles. The lowest BCUT2D eigenvalue weighted by Gasteiger charge is -2.37. The SMILES string of the molecule is O[C@@H]([C@H](O)CC=C(Br)Br)[C@H](O)COC(c1ccccc1)(c1ccccc1)c1ccccc1. The minimum Gasteiger partial charge on any atom is -0.390 e. The van der Waals surface area contributed by atoms with Gasteiger partial charge in [0.2, 0.25) is 0 Å². The molecule has 0 heterocycles. The van der Waals surface area contributed by atoms with Gasteiger partial charge in [-0.3, -0.25) is 0 Å². The molecule has 0 aromatic heterocycles. The molecule has 3 rings (SSSR count). The summed E-state index contributed by atoms with van der Waals surface area (Å²) in [4.78, 5) is 0. The van der Waals surface area contributed by atoms with Crippen molar-refractivity contribution in [2.75, 3.05) is 6.61 Å². The van der Waals surface area contributed by atoms with Crippen molar-refractivity contribution in [3.8, 4) is 0 Å². The molecule has 0 fully saturated rings. The third kappa shape index (κ3) is 5.95. The lowest BCUT2D eigenvalue weighted by Crippen LogP contribution is -2.43. The van der Waals surface area contributed by atoms with E-state index in [2.05, 4.69) is 31.9 Å². The number of rotatable bonds is 10. The number of aliphatic hydroxyl groups is 3. The van der Waals surface area contributed by atoms with Crippen LogP contribution in [0.25, 0.3) is 0 Å². The second-order valence-electron chi connectivity index (χ2n) is 7.45. The standard InChI is InChI=1S/C26H26Br2O4/c27-24(28)17-16-22(29)25(31)23(30)18-32-26(19-10-4-1-5-11-19,20-12-6-2-7-13-20)21-14-8-3-9-15-21/h1-15,17,22-23,25,29-31H,16,18H2/t22-,23-,25+/m1/s1. The Hall–Kier alpha value is -1.80. The van der Waals surface area contributed by atoms with Crippen LogP contribution in [-0.4, -0.2) is 40.2 Å². The smallest absolute Gasteiger partial charge is 0.143 e. The van der Waals surface area contributed by atoms with Crippen LogP contribution in [0.5, 0.6) is 0 Å². The molecule has 4 nitrogen and oxygen atoms in total. The second kappa shape index (κ2) is 11.9. The van der Waals surface area contributed by atoms with Crippen LogP contribution in [0.2, 0.25) is 0 Å². The fraction of sp³-hybridized carbons (Fsp3) is 0.231. The van der Waals surface area contributed by atoms with Gasteiger partial charge in [-0.15, -0.1) is 0 Å². The van der Waals surface area contributed by atoms with E-state index in [4.69, 9.17) is 4.74 Å². The molecule has 3 aromatic carbocycles. The van der Waals surface area contributed by atoms with Gasteiger partial charge in [0.25, 0.3) is 0 Å². The van der Waals surface area contributed by atoms with Crippen LogP contribution in [-0.2, 0) is 10.3 Å². The Bertz CT molecular complexity index is 880. The van der Waals surface area contributed by atoms with E-state index in [0.717, 1.165) is 16.7 Å². The summed E-state index contributed by atoms with van der Waals surface area (Å²) in [5.74, 6) is 0. The maximum absolute atomic E-state index is 10.7. The largest absolute Gasteiger partial charge is 0.390 e. The van der Waals surface area contributed by atoms with E-state index in [1.165, 1.54) is 0 Å². The maximum Gasteiger partial charge on any atom is 0.143 e. The van der Waals surface area contributed by atoms with E-state index >= 15 is 0 Å². The molecule has 3 aromatic rings. The first-order valence-corrected chi connectivity index (χ1v) is 11.9.